The number of hydrogen-bond donors (Lipinski definition) is 0. The fourth-order valence-corrected chi connectivity index (χ4v) is 9.05. The maximum atomic E-state index is 14.4. The van der Waals surface area contributed by atoms with E-state index in [1.54, 1.807) is 9.80 Å². The van der Waals surface area contributed by atoms with E-state index in [1.807, 2.05) is 90.1 Å². The van der Waals surface area contributed by atoms with E-state index in [-0.39, 0.29) is 24.0 Å². The van der Waals surface area contributed by atoms with Gasteiger partial charge in [0, 0.05) is 49.9 Å². The lowest BCUT2D eigenvalue weighted by molar-refractivity contribution is -0.0539. The van der Waals surface area contributed by atoms with Crippen LogP contribution in [0.2, 0.25) is 0 Å². The van der Waals surface area contributed by atoms with Crippen molar-refractivity contribution in [1.82, 2.24) is 30.1 Å². The van der Waals surface area contributed by atoms with Crippen LogP contribution in [-0.4, -0.2) is 78.4 Å². The molecule has 2 aromatic heterocycles. The number of aromatic nitrogens is 4. The smallest absolute Gasteiger partial charge is 0.254 e. The van der Waals surface area contributed by atoms with E-state index in [0.717, 1.165) is 49.3 Å². The number of carbonyl (C=O) groups is 2. The van der Waals surface area contributed by atoms with Gasteiger partial charge in [0.25, 0.3) is 11.8 Å². The lowest BCUT2D eigenvalue weighted by Crippen LogP contribution is -2.34. The molecule has 2 aliphatic rings. The molecule has 0 spiro atoms. The van der Waals surface area contributed by atoms with E-state index in [2.05, 4.69) is 58.8 Å². The predicted octanol–water partition coefficient (Wildman–Crippen LogP) is 10.3. The molecule has 12 nitrogen and oxygen atoms in total. The van der Waals surface area contributed by atoms with Gasteiger partial charge in [-0.2, -0.15) is 9.97 Å². The van der Waals surface area contributed by atoms with E-state index in [9.17, 15) is 9.59 Å². The maximum absolute atomic E-state index is 14.4. The first-order valence-corrected chi connectivity index (χ1v) is 23.0. The van der Waals surface area contributed by atoms with Gasteiger partial charge in [0.1, 0.15) is 12.1 Å². The zero-order valence-electron chi connectivity index (χ0n) is 38.2. The summed E-state index contributed by atoms with van der Waals surface area (Å²) >= 11 is 0. The molecule has 0 saturated carbocycles. The fourth-order valence-electron chi connectivity index (χ4n) is 9.05. The Balaban J connectivity index is 0.952. The zero-order valence-corrected chi connectivity index (χ0v) is 38.2. The molecule has 8 rings (SSSR count). The summed E-state index contributed by atoms with van der Waals surface area (Å²) in [4.78, 5) is 42.0. The highest BCUT2D eigenvalue weighted by molar-refractivity contribution is 6.02. The summed E-state index contributed by atoms with van der Waals surface area (Å²) in [6.45, 7) is 12.9. The van der Waals surface area contributed by atoms with Gasteiger partial charge < -0.3 is 28.3 Å². The third-order valence-electron chi connectivity index (χ3n) is 11.9. The van der Waals surface area contributed by atoms with Gasteiger partial charge in [-0.1, -0.05) is 83.1 Å². The summed E-state index contributed by atoms with van der Waals surface area (Å²) in [6, 6.07) is 31.3. The second-order valence-electron chi connectivity index (χ2n) is 19.4. The number of aryl methyl sites for hydroxylation is 4. The van der Waals surface area contributed by atoms with Crippen LogP contribution in [0.3, 0.4) is 0 Å². The highest BCUT2D eigenvalue weighted by Crippen LogP contribution is 2.38. The Kier molecular flexibility index (Phi) is 13.7. The van der Waals surface area contributed by atoms with Crippen molar-refractivity contribution in [3.8, 4) is 0 Å². The first-order valence-electron chi connectivity index (χ1n) is 23.0. The molecular weight excluding hydrogens is 805 g/mol. The number of unbranched alkanes of at least 4 members (excludes halogenated alkanes) is 2. The quantitative estimate of drug-likeness (QED) is 0.0865. The van der Waals surface area contributed by atoms with Crippen LogP contribution < -0.4 is 0 Å². The first-order chi connectivity index (χ1) is 30.7. The first kappa shape index (κ1) is 44.9. The lowest BCUT2D eigenvalue weighted by Gasteiger charge is -2.25. The van der Waals surface area contributed by atoms with Gasteiger partial charge in [-0.05, 0) is 126 Å². The zero-order chi connectivity index (χ0) is 44.8. The molecule has 0 bridgehead atoms. The fraction of sp³-hybridized carbons (Fsp3) is 0.462. The summed E-state index contributed by atoms with van der Waals surface area (Å²) in [7, 11) is 0. The minimum atomic E-state index is -0.421. The average molecular weight is 867 g/mol. The van der Waals surface area contributed by atoms with Gasteiger partial charge in [0.05, 0.1) is 23.4 Å². The minimum Gasteiger partial charge on any atom is -0.371 e. The lowest BCUT2D eigenvalue weighted by atomic mass is 10.0. The molecule has 6 aromatic rings. The Hall–Kier alpha value is -5.72. The summed E-state index contributed by atoms with van der Waals surface area (Å²) in [5.41, 5.74) is 2.91. The van der Waals surface area contributed by atoms with E-state index in [4.69, 9.17) is 28.5 Å². The molecule has 4 atom stereocenters. The molecule has 0 aliphatic carbocycles. The monoisotopic (exact) mass is 866 g/mol. The molecule has 12 heteroatoms. The molecular formula is C52H62N6O6. The predicted molar refractivity (Wildman–Crippen MR) is 245 cm³/mol. The van der Waals surface area contributed by atoms with Crippen LogP contribution in [0, 0.1) is 0 Å². The van der Waals surface area contributed by atoms with Crippen molar-refractivity contribution in [3.63, 3.8) is 0 Å². The molecule has 4 aromatic carbocycles. The summed E-state index contributed by atoms with van der Waals surface area (Å²) in [5, 5.41) is 10.3. The van der Waals surface area contributed by atoms with Crippen molar-refractivity contribution in [3.05, 3.63) is 143 Å². The molecule has 0 N–H and O–H groups in total. The Morgan fingerprint density at radius 2 is 0.953 bits per heavy atom. The van der Waals surface area contributed by atoms with Gasteiger partial charge in [-0.3, -0.25) is 9.59 Å². The van der Waals surface area contributed by atoms with Gasteiger partial charge in [0.2, 0.25) is 11.8 Å². The Bertz CT molecular complexity index is 2320. The summed E-state index contributed by atoms with van der Waals surface area (Å²) in [5.74, 6) is 1.87. The van der Waals surface area contributed by atoms with Crippen molar-refractivity contribution in [1.29, 1.82) is 0 Å². The van der Waals surface area contributed by atoms with E-state index in [0.29, 0.717) is 73.3 Å². The number of carbonyl (C=O) groups excluding carboxylic acids is 2. The number of fused-ring (bicyclic) bond motifs is 1. The van der Waals surface area contributed by atoms with Crippen molar-refractivity contribution < 1.29 is 28.1 Å². The van der Waals surface area contributed by atoms with Crippen LogP contribution in [0.25, 0.3) is 10.8 Å². The summed E-state index contributed by atoms with van der Waals surface area (Å²) in [6.07, 6.45) is 8.00. The minimum absolute atomic E-state index is 0.144. The molecule has 2 aliphatic heterocycles. The SMILES string of the molecule is CC(C)(C)O[C@@H]1C[C@@H](c2nc(CCCCc3ccccc3)no2)N(C(=O)c2ccc3cc(C(=O)N4C[C@H](OC(C)(C)C)C[C@H]4c4nc(CCCCc5ccccc5)no4)ccc3c2)C1. The highest BCUT2D eigenvalue weighted by atomic mass is 16.5. The molecule has 4 heterocycles. The van der Waals surface area contributed by atoms with Crippen molar-refractivity contribution >= 4 is 22.6 Å². The number of nitrogens with zero attached hydrogens (tertiary/aromatic N) is 6. The van der Waals surface area contributed by atoms with E-state index >= 15 is 0 Å². The molecule has 64 heavy (non-hydrogen) atoms. The van der Waals surface area contributed by atoms with Gasteiger partial charge in [0.15, 0.2) is 11.6 Å². The number of hydrogen-bond acceptors (Lipinski definition) is 10. The largest absolute Gasteiger partial charge is 0.371 e. The molecule has 2 fully saturated rings. The maximum Gasteiger partial charge on any atom is 0.254 e. The van der Waals surface area contributed by atoms with Crippen LogP contribution >= 0.6 is 0 Å². The number of likely N-dealkylation sites (tertiary alicyclic amines) is 2. The second kappa shape index (κ2) is 19.6. The standard InChI is InChI=1S/C52H62N6O6/c1-51(2,3)61-41-31-43(47-53-45(55-63-47)23-15-13-21-35-17-9-7-10-18-35)57(33-41)49(59)39-27-25-38-30-40(28-26-37(38)29-39)50(60)58-34-42(62-52(4,5)6)32-44(58)48-54-46(56-64-48)24-16-14-22-36-19-11-8-12-20-36/h7-12,17-20,25-30,41-44H,13-16,21-24,31-34H2,1-6H3/t41-,42-,43+,44+/m1/s1. The van der Waals surface area contributed by atoms with Crippen molar-refractivity contribution in [2.75, 3.05) is 13.1 Å². The van der Waals surface area contributed by atoms with E-state index in [1.165, 1.54) is 11.1 Å². The number of ether oxygens (including phenoxy) is 2. The van der Waals surface area contributed by atoms with Crippen LogP contribution in [0.15, 0.2) is 106 Å². The third-order valence-corrected chi connectivity index (χ3v) is 11.9. The van der Waals surface area contributed by atoms with Crippen LogP contribution in [0.5, 0.6) is 0 Å². The van der Waals surface area contributed by atoms with Crippen LogP contribution in [0.1, 0.15) is 147 Å². The molecule has 0 unspecified atom stereocenters. The van der Waals surface area contributed by atoms with Gasteiger partial charge in [-0.15, -0.1) is 0 Å². The average Bonchev–Trinajstić information content (AvgIpc) is 4.10. The van der Waals surface area contributed by atoms with Crippen LogP contribution in [0.4, 0.5) is 0 Å². The highest BCUT2D eigenvalue weighted by Gasteiger charge is 2.43. The Morgan fingerprint density at radius 3 is 1.34 bits per heavy atom. The molecule has 336 valence electrons. The Morgan fingerprint density at radius 1 is 0.562 bits per heavy atom. The molecule has 2 amide bonds. The topological polar surface area (TPSA) is 137 Å². The second-order valence-corrected chi connectivity index (χ2v) is 19.4. The number of amides is 2. The van der Waals surface area contributed by atoms with Gasteiger partial charge >= 0.3 is 0 Å². The van der Waals surface area contributed by atoms with E-state index < -0.39 is 23.3 Å². The molecule has 0 radical (unpaired) electrons. The normalized spacial score (nSPS) is 19.2. The summed E-state index contributed by atoms with van der Waals surface area (Å²) < 4.78 is 24.5. The molecule has 2 saturated heterocycles. The van der Waals surface area contributed by atoms with Gasteiger partial charge in [-0.25, -0.2) is 0 Å². The van der Waals surface area contributed by atoms with Crippen molar-refractivity contribution in [2.45, 2.75) is 141 Å². The number of rotatable bonds is 16. The third kappa shape index (κ3) is 11.5. The van der Waals surface area contributed by atoms with Crippen LogP contribution in [-0.2, 0) is 35.2 Å². The Labute approximate surface area is 376 Å². The van der Waals surface area contributed by atoms with Crippen molar-refractivity contribution in [2.24, 2.45) is 0 Å². The number of benzene rings is 4.